The summed E-state index contributed by atoms with van der Waals surface area (Å²) < 4.78 is 28.0. The van der Waals surface area contributed by atoms with Crippen molar-refractivity contribution in [3.63, 3.8) is 0 Å². The van der Waals surface area contributed by atoms with Crippen LogP contribution < -0.4 is 5.32 Å². The van der Waals surface area contributed by atoms with Gasteiger partial charge in [0, 0.05) is 31.6 Å². The van der Waals surface area contributed by atoms with Crippen molar-refractivity contribution in [3.05, 3.63) is 137 Å². The number of hydrogen-bond donors (Lipinski definition) is 1. The third-order valence-electron chi connectivity index (χ3n) is 6.75. The molecule has 6 heteroatoms. The zero-order valence-electron chi connectivity index (χ0n) is 23.4. The summed E-state index contributed by atoms with van der Waals surface area (Å²) in [6.45, 7) is 3.16. The first-order valence-corrected chi connectivity index (χ1v) is 15.2. The average molecular weight is 554 g/mol. The summed E-state index contributed by atoms with van der Waals surface area (Å²) in [7, 11) is 0.313. The van der Waals surface area contributed by atoms with Gasteiger partial charge in [-0.2, -0.15) is 4.31 Å². The molecule has 4 aromatic carbocycles. The van der Waals surface area contributed by atoms with Gasteiger partial charge in [-0.3, -0.25) is 0 Å². The van der Waals surface area contributed by atoms with Crippen LogP contribution in [0.1, 0.15) is 22.3 Å². The third-order valence-corrected chi connectivity index (χ3v) is 8.26. The van der Waals surface area contributed by atoms with Crippen LogP contribution in [0.5, 0.6) is 0 Å². The van der Waals surface area contributed by atoms with Crippen molar-refractivity contribution in [3.8, 4) is 11.1 Å². The highest BCUT2D eigenvalue weighted by atomic mass is 32.2. The Morgan fingerprint density at radius 3 is 1.85 bits per heavy atom. The minimum absolute atomic E-state index is 0.323. The Morgan fingerprint density at radius 1 is 0.675 bits per heavy atom. The van der Waals surface area contributed by atoms with Crippen molar-refractivity contribution < 1.29 is 8.42 Å². The molecule has 4 rings (SSSR count). The summed E-state index contributed by atoms with van der Waals surface area (Å²) >= 11 is 0. The largest absolute Gasteiger partial charge is 0.312 e. The van der Waals surface area contributed by atoms with E-state index in [-0.39, 0.29) is 0 Å². The Morgan fingerprint density at radius 2 is 1.25 bits per heavy atom. The van der Waals surface area contributed by atoms with E-state index in [0.29, 0.717) is 19.6 Å². The molecule has 0 saturated heterocycles. The molecule has 0 atom stereocenters. The maximum atomic E-state index is 13.2. The van der Waals surface area contributed by atoms with Crippen molar-refractivity contribution in [2.45, 2.75) is 19.5 Å². The smallest absolute Gasteiger partial charge is 0.236 e. The molecule has 40 heavy (non-hydrogen) atoms. The molecule has 0 radical (unpaired) electrons. The number of nitrogens with one attached hydrogen (secondary N) is 1. The van der Waals surface area contributed by atoms with Crippen LogP contribution in [0.4, 0.5) is 0 Å². The zero-order valence-corrected chi connectivity index (χ0v) is 24.2. The zero-order chi connectivity index (χ0) is 28.2. The van der Waals surface area contributed by atoms with Gasteiger partial charge in [0.05, 0.1) is 0 Å². The van der Waals surface area contributed by atoms with Gasteiger partial charge in [0.2, 0.25) is 10.0 Å². The van der Waals surface area contributed by atoms with Crippen LogP contribution in [0.2, 0.25) is 0 Å². The molecular weight excluding hydrogens is 514 g/mol. The van der Waals surface area contributed by atoms with Crippen LogP contribution in [-0.4, -0.2) is 51.4 Å². The molecule has 0 heterocycles. The second-order valence-electron chi connectivity index (χ2n) is 10.2. The Hall–Kier alpha value is -3.55. The van der Waals surface area contributed by atoms with Crippen LogP contribution in [0.15, 0.2) is 115 Å². The van der Waals surface area contributed by atoms with E-state index in [1.807, 2.05) is 67.5 Å². The molecule has 0 unspecified atom stereocenters. The highest BCUT2D eigenvalue weighted by Crippen LogP contribution is 2.22. The summed E-state index contributed by atoms with van der Waals surface area (Å²) in [5.41, 5.74) is 6.66. The van der Waals surface area contributed by atoms with Gasteiger partial charge in [-0.05, 0) is 66.5 Å². The van der Waals surface area contributed by atoms with Crippen molar-refractivity contribution in [2.75, 3.05) is 33.7 Å². The summed E-state index contributed by atoms with van der Waals surface area (Å²) in [6, 6.07) is 36.8. The third kappa shape index (κ3) is 9.28. The second-order valence-corrected chi connectivity index (χ2v) is 12.0. The topological polar surface area (TPSA) is 52.6 Å². The van der Waals surface area contributed by atoms with E-state index in [9.17, 15) is 8.42 Å². The van der Waals surface area contributed by atoms with Crippen molar-refractivity contribution in [2.24, 2.45) is 0 Å². The molecule has 0 bridgehead atoms. The maximum absolute atomic E-state index is 13.2. The van der Waals surface area contributed by atoms with Crippen molar-refractivity contribution >= 4 is 16.1 Å². The molecular formula is C34H39N3O2S. The summed E-state index contributed by atoms with van der Waals surface area (Å²) in [5, 5.41) is 4.83. The molecule has 0 aromatic heterocycles. The molecule has 208 valence electrons. The average Bonchev–Trinajstić information content (AvgIpc) is 2.98. The predicted molar refractivity (Wildman–Crippen MR) is 167 cm³/mol. The number of benzene rings is 4. The summed E-state index contributed by atoms with van der Waals surface area (Å²) in [5.74, 6) is 0. The first-order chi connectivity index (χ1) is 19.4. The van der Waals surface area contributed by atoms with Crippen molar-refractivity contribution in [1.29, 1.82) is 0 Å². The van der Waals surface area contributed by atoms with Crippen LogP contribution >= 0.6 is 0 Å². The fourth-order valence-electron chi connectivity index (χ4n) is 4.35. The minimum Gasteiger partial charge on any atom is -0.312 e. The highest BCUT2D eigenvalue weighted by Gasteiger charge is 2.19. The molecule has 5 nitrogen and oxygen atoms in total. The van der Waals surface area contributed by atoms with Crippen LogP contribution in [0.25, 0.3) is 17.2 Å². The Kier molecular flexibility index (Phi) is 10.8. The van der Waals surface area contributed by atoms with E-state index in [4.69, 9.17) is 0 Å². The molecule has 0 fully saturated rings. The van der Waals surface area contributed by atoms with Gasteiger partial charge in [0.25, 0.3) is 0 Å². The van der Waals surface area contributed by atoms with Crippen LogP contribution in [-0.2, 0) is 29.5 Å². The summed E-state index contributed by atoms with van der Waals surface area (Å²) in [6.07, 6.45) is 2.67. The van der Waals surface area contributed by atoms with E-state index in [1.165, 1.54) is 16.5 Å². The van der Waals surface area contributed by atoms with E-state index in [1.54, 1.807) is 10.4 Å². The van der Waals surface area contributed by atoms with Crippen LogP contribution in [0.3, 0.4) is 0 Å². The van der Waals surface area contributed by atoms with Crippen molar-refractivity contribution in [1.82, 2.24) is 14.5 Å². The normalized spacial score (nSPS) is 12.0. The number of hydrogen-bond acceptors (Lipinski definition) is 4. The fourth-order valence-corrected chi connectivity index (χ4v) is 5.52. The standard InChI is InChI=1S/C34H39N3O2S/c1-36(2)24-25-37(40(38,39)26-22-30-11-7-4-8-12-30)28-32-15-19-34(20-16-32)33-17-13-31(14-18-33)27-35-23-21-29-9-5-3-6-10-29/h3-20,22,26,35H,21,23-25,27-28H2,1-2H3/b26-22+. The highest BCUT2D eigenvalue weighted by molar-refractivity contribution is 7.92. The lowest BCUT2D eigenvalue weighted by atomic mass is 10.0. The molecule has 1 N–H and O–H groups in total. The fraction of sp³-hybridized carbons (Fsp3) is 0.235. The SMILES string of the molecule is CN(C)CCN(Cc1ccc(-c2ccc(CNCCc3ccccc3)cc2)cc1)S(=O)(=O)/C=C/c1ccccc1. The molecule has 0 aliphatic carbocycles. The predicted octanol–water partition coefficient (Wildman–Crippen LogP) is 6.05. The van der Waals surface area contributed by atoms with Gasteiger partial charge in [0.1, 0.15) is 0 Å². The van der Waals surface area contributed by atoms with Gasteiger partial charge in [0.15, 0.2) is 0 Å². The lowest BCUT2D eigenvalue weighted by Gasteiger charge is -2.22. The number of sulfonamides is 1. The molecule has 0 aliphatic heterocycles. The van der Waals surface area contributed by atoms with E-state index in [2.05, 4.69) is 66.0 Å². The molecule has 0 aliphatic rings. The van der Waals surface area contributed by atoms with E-state index < -0.39 is 10.0 Å². The second kappa shape index (κ2) is 14.7. The first kappa shape index (κ1) is 29.4. The molecule has 0 saturated carbocycles. The van der Waals surface area contributed by atoms with Crippen LogP contribution in [0, 0.1) is 0 Å². The molecule has 0 amide bonds. The lowest BCUT2D eigenvalue weighted by molar-refractivity contribution is 0.332. The van der Waals surface area contributed by atoms with Gasteiger partial charge >= 0.3 is 0 Å². The van der Waals surface area contributed by atoms with E-state index >= 15 is 0 Å². The minimum atomic E-state index is -3.59. The summed E-state index contributed by atoms with van der Waals surface area (Å²) in [4.78, 5) is 2.00. The molecule has 4 aromatic rings. The quantitative estimate of drug-likeness (QED) is 0.193. The van der Waals surface area contributed by atoms with Gasteiger partial charge in [-0.25, -0.2) is 8.42 Å². The lowest BCUT2D eigenvalue weighted by Crippen LogP contribution is -2.35. The Balaban J connectivity index is 1.36. The van der Waals surface area contributed by atoms with Gasteiger partial charge in [-0.1, -0.05) is 109 Å². The number of likely N-dealkylation sites (N-methyl/N-ethyl adjacent to an activating group) is 1. The Labute approximate surface area is 239 Å². The number of nitrogens with zero attached hydrogens (tertiary/aromatic N) is 2. The molecule has 0 spiro atoms. The van der Waals surface area contributed by atoms with Gasteiger partial charge < -0.3 is 10.2 Å². The monoisotopic (exact) mass is 553 g/mol. The maximum Gasteiger partial charge on any atom is 0.236 e. The first-order valence-electron chi connectivity index (χ1n) is 13.7. The van der Waals surface area contributed by atoms with E-state index in [0.717, 1.165) is 41.8 Å². The number of rotatable bonds is 14. The van der Waals surface area contributed by atoms with Gasteiger partial charge in [-0.15, -0.1) is 0 Å². The Bertz CT molecular complexity index is 1440.